The first-order chi connectivity index (χ1) is 9.78. The van der Waals surface area contributed by atoms with Gasteiger partial charge in [0, 0.05) is 5.69 Å². The number of hydrogen-bond acceptors (Lipinski definition) is 3. The second kappa shape index (κ2) is 6.18. The molecule has 0 spiro atoms. The first-order valence-corrected chi connectivity index (χ1v) is 7.95. The summed E-state index contributed by atoms with van der Waals surface area (Å²) < 4.78 is 5.33. The van der Waals surface area contributed by atoms with Crippen molar-refractivity contribution in [3.8, 4) is 0 Å². The van der Waals surface area contributed by atoms with Crippen molar-refractivity contribution in [2.45, 2.75) is 44.0 Å². The maximum absolute atomic E-state index is 12.5. The Kier molecular flexibility index (Phi) is 4.71. The maximum atomic E-state index is 12.5. The second-order valence-corrected chi connectivity index (χ2v) is 7.25. The lowest BCUT2D eigenvalue weighted by atomic mass is 10.1. The van der Waals surface area contributed by atoms with Crippen molar-refractivity contribution in [2.24, 2.45) is 0 Å². The van der Waals surface area contributed by atoms with Gasteiger partial charge in [0.25, 0.3) is 0 Å². The number of carbonyl (C=O) groups excluding carboxylic acids is 2. The first kappa shape index (κ1) is 16.0. The molecule has 0 saturated carbocycles. The molecule has 21 heavy (non-hydrogen) atoms. The van der Waals surface area contributed by atoms with E-state index >= 15 is 0 Å². The molecule has 0 saturated heterocycles. The number of anilines is 1. The maximum Gasteiger partial charge on any atom is 0.326 e. The molecule has 0 aliphatic carbocycles. The predicted octanol–water partition coefficient (Wildman–Crippen LogP) is 3.07. The van der Waals surface area contributed by atoms with Crippen molar-refractivity contribution in [3.05, 3.63) is 29.8 Å². The van der Waals surface area contributed by atoms with E-state index < -0.39 is 11.6 Å². The van der Waals surface area contributed by atoms with Gasteiger partial charge in [-0.1, -0.05) is 34.1 Å². The number of halogens is 1. The third-order valence-corrected chi connectivity index (χ3v) is 4.04. The molecule has 1 aromatic carbocycles. The highest BCUT2D eigenvalue weighted by Gasteiger charge is 2.31. The van der Waals surface area contributed by atoms with Gasteiger partial charge in [0.1, 0.15) is 12.1 Å². The lowest BCUT2D eigenvalue weighted by molar-refractivity contribution is -0.153. The summed E-state index contributed by atoms with van der Waals surface area (Å²) in [6.07, 6.45) is 1.53. The Labute approximate surface area is 133 Å². The van der Waals surface area contributed by atoms with E-state index in [2.05, 4.69) is 15.9 Å². The number of amides is 1. The van der Waals surface area contributed by atoms with Gasteiger partial charge in [0.05, 0.1) is 4.83 Å². The van der Waals surface area contributed by atoms with Crippen LogP contribution in [0.1, 0.15) is 32.8 Å². The SMILES string of the molecule is CC(C)(C)OC(=O)CN1C(=O)C(Br)CCc2ccccc21. The molecule has 1 unspecified atom stereocenters. The van der Waals surface area contributed by atoms with Crippen LogP contribution in [0.3, 0.4) is 0 Å². The molecular formula is C16H20BrNO3. The molecule has 0 aromatic heterocycles. The number of alkyl halides is 1. The summed E-state index contributed by atoms with van der Waals surface area (Å²) in [6.45, 7) is 5.39. The van der Waals surface area contributed by atoms with E-state index in [0.717, 1.165) is 24.1 Å². The van der Waals surface area contributed by atoms with Gasteiger partial charge in [-0.25, -0.2) is 0 Å². The molecular weight excluding hydrogens is 334 g/mol. The molecule has 0 fully saturated rings. The summed E-state index contributed by atoms with van der Waals surface area (Å²) in [5.74, 6) is -0.488. The average Bonchev–Trinajstić information content (AvgIpc) is 2.49. The zero-order valence-corrected chi connectivity index (χ0v) is 14.1. The van der Waals surface area contributed by atoms with E-state index in [1.165, 1.54) is 4.90 Å². The molecule has 0 bridgehead atoms. The number of para-hydroxylation sites is 1. The fourth-order valence-corrected chi connectivity index (χ4v) is 2.82. The van der Waals surface area contributed by atoms with Gasteiger partial charge in [-0.15, -0.1) is 0 Å². The first-order valence-electron chi connectivity index (χ1n) is 7.03. The molecule has 1 aromatic rings. The summed E-state index contributed by atoms with van der Waals surface area (Å²) in [4.78, 5) is 25.8. The van der Waals surface area contributed by atoms with Crippen LogP contribution in [0.5, 0.6) is 0 Å². The van der Waals surface area contributed by atoms with Crippen LogP contribution in [0.25, 0.3) is 0 Å². The normalized spacial score (nSPS) is 19.0. The standard InChI is InChI=1S/C16H20BrNO3/c1-16(2,3)21-14(19)10-18-13-7-5-4-6-11(13)8-9-12(17)15(18)20/h4-7,12H,8-10H2,1-3H3. The summed E-state index contributed by atoms with van der Waals surface area (Å²) in [5.41, 5.74) is 1.32. The van der Waals surface area contributed by atoms with E-state index in [4.69, 9.17) is 4.74 Å². The molecule has 0 N–H and O–H groups in total. The number of fused-ring (bicyclic) bond motifs is 1. The van der Waals surface area contributed by atoms with E-state index in [0.29, 0.717) is 0 Å². The minimum Gasteiger partial charge on any atom is -0.459 e. The van der Waals surface area contributed by atoms with E-state index in [1.54, 1.807) is 0 Å². The Balaban J connectivity index is 2.26. The zero-order chi connectivity index (χ0) is 15.6. The number of esters is 1. The lowest BCUT2D eigenvalue weighted by Crippen LogP contribution is -2.41. The van der Waals surface area contributed by atoms with E-state index in [-0.39, 0.29) is 17.3 Å². The van der Waals surface area contributed by atoms with Crippen molar-refractivity contribution in [3.63, 3.8) is 0 Å². The highest BCUT2D eigenvalue weighted by Crippen LogP contribution is 2.29. The van der Waals surface area contributed by atoms with Crippen molar-refractivity contribution >= 4 is 33.5 Å². The smallest absolute Gasteiger partial charge is 0.326 e. The van der Waals surface area contributed by atoms with Crippen LogP contribution in [0, 0.1) is 0 Å². The van der Waals surface area contributed by atoms with Crippen LogP contribution in [0.4, 0.5) is 5.69 Å². The van der Waals surface area contributed by atoms with Gasteiger partial charge in [0.15, 0.2) is 0 Å². The second-order valence-electron chi connectivity index (χ2n) is 6.15. The quantitative estimate of drug-likeness (QED) is 0.606. The third kappa shape index (κ3) is 4.06. The highest BCUT2D eigenvalue weighted by atomic mass is 79.9. The molecule has 4 nitrogen and oxygen atoms in total. The topological polar surface area (TPSA) is 46.6 Å². The van der Waals surface area contributed by atoms with E-state index in [1.807, 2.05) is 45.0 Å². The van der Waals surface area contributed by atoms with E-state index in [9.17, 15) is 9.59 Å². The third-order valence-electron chi connectivity index (χ3n) is 3.19. The van der Waals surface area contributed by atoms with Crippen molar-refractivity contribution in [2.75, 3.05) is 11.4 Å². The summed E-state index contributed by atoms with van der Waals surface area (Å²) in [6, 6.07) is 7.70. The Morgan fingerprint density at radius 1 is 1.38 bits per heavy atom. The molecule has 2 rings (SSSR count). The summed E-state index contributed by atoms with van der Waals surface area (Å²) in [5, 5.41) is 0. The summed E-state index contributed by atoms with van der Waals surface area (Å²) >= 11 is 3.41. The van der Waals surface area contributed by atoms with Crippen molar-refractivity contribution < 1.29 is 14.3 Å². The van der Waals surface area contributed by atoms with Gasteiger partial charge < -0.3 is 4.74 Å². The van der Waals surface area contributed by atoms with Gasteiger partial charge >= 0.3 is 5.97 Å². The van der Waals surface area contributed by atoms with Crippen LogP contribution in [0.15, 0.2) is 24.3 Å². The number of aryl methyl sites for hydroxylation is 1. The van der Waals surface area contributed by atoms with Crippen molar-refractivity contribution in [1.82, 2.24) is 0 Å². The number of benzene rings is 1. The van der Waals surface area contributed by atoms with Crippen molar-refractivity contribution in [1.29, 1.82) is 0 Å². The Morgan fingerprint density at radius 2 is 2.05 bits per heavy atom. The van der Waals surface area contributed by atoms with Crippen LogP contribution < -0.4 is 4.90 Å². The monoisotopic (exact) mass is 353 g/mol. The van der Waals surface area contributed by atoms with Crippen LogP contribution in [-0.2, 0) is 20.7 Å². The van der Waals surface area contributed by atoms with Crippen LogP contribution in [0.2, 0.25) is 0 Å². The molecule has 1 atom stereocenters. The lowest BCUT2D eigenvalue weighted by Gasteiger charge is -2.26. The van der Waals surface area contributed by atoms with Gasteiger partial charge in [0.2, 0.25) is 5.91 Å². The van der Waals surface area contributed by atoms with Crippen LogP contribution in [-0.4, -0.2) is 28.8 Å². The largest absolute Gasteiger partial charge is 0.459 e. The highest BCUT2D eigenvalue weighted by molar-refractivity contribution is 9.10. The van der Waals surface area contributed by atoms with Gasteiger partial charge in [-0.2, -0.15) is 0 Å². The molecule has 1 aliphatic heterocycles. The van der Waals surface area contributed by atoms with Gasteiger partial charge in [-0.3, -0.25) is 14.5 Å². The average molecular weight is 354 g/mol. The van der Waals surface area contributed by atoms with Crippen LogP contribution >= 0.6 is 15.9 Å². The Hall–Kier alpha value is -1.36. The number of ether oxygens (including phenoxy) is 1. The Morgan fingerprint density at radius 3 is 2.71 bits per heavy atom. The number of nitrogens with zero attached hydrogens (tertiary/aromatic N) is 1. The summed E-state index contributed by atoms with van der Waals surface area (Å²) in [7, 11) is 0. The molecule has 114 valence electrons. The number of hydrogen-bond donors (Lipinski definition) is 0. The zero-order valence-electron chi connectivity index (χ0n) is 12.6. The number of carbonyl (C=O) groups is 2. The molecule has 5 heteroatoms. The predicted molar refractivity (Wildman–Crippen MR) is 85.7 cm³/mol. The van der Waals surface area contributed by atoms with Gasteiger partial charge in [-0.05, 0) is 45.2 Å². The minimum absolute atomic E-state index is 0.0603. The molecule has 1 amide bonds. The fourth-order valence-electron chi connectivity index (χ4n) is 2.35. The molecule has 1 heterocycles. The molecule has 1 aliphatic rings. The molecule has 0 radical (unpaired) electrons. The Bertz CT molecular complexity index is 551. The minimum atomic E-state index is -0.556. The fraction of sp³-hybridized carbons (Fsp3) is 0.500. The number of rotatable bonds is 2.